The molecule has 0 aliphatic heterocycles. The van der Waals surface area contributed by atoms with Crippen molar-refractivity contribution >= 4 is 65.2 Å². The molecule has 2 heteroatoms. The van der Waals surface area contributed by atoms with Crippen molar-refractivity contribution in [2.45, 2.75) is 6.42 Å². The van der Waals surface area contributed by atoms with Gasteiger partial charge >= 0.3 is 0 Å². The average molecular weight is 751 g/mol. The number of hydrogen-bond acceptors (Lipinski definition) is 0. The lowest BCUT2D eigenvalue weighted by Crippen LogP contribution is -1.97. The summed E-state index contributed by atoms with van der Waals surface area (Å²) in [5, 5.41) is 10.1. The van der Waals surface area contributed by atoms with Gasteiger partial charge in [0.1, 0.15) is 0 Å². The van der Waals surface area contributed by atoms with Crippen LogP contribution >= 0.6 is 0 Å². The highest BCUT2D eigenvalue weighted by molar-refractivity contribution is 6.12. The van der Waals surface area contributed by atoms with Crippen LogP contribution in [0.1, 0.15) is 11.1 Å². The van der Waals surface area contributed by atoms with Gasteiger partial charge in [0.2, 0.25) is 0 Å². The highest BCUT2D eigenvalue weighted by atomic mass is 15.0. The second-order valence-corrected chi connectivity index (χ2v) is 15.7. The zero-order valence-corrected chi connectivity index (χ0v) is 32.4. The Kier molecular flexibility index (Phi) is 7.64. The van der Waals surface area contributed by atoms with Gasteiger partial charge in [0.15, 0.2) is 0 Å². The van der Waals surface area contributed by atoms with Gasteiger partial charge in [0, 0.05) is 32.9 Å². The SMILES string of the molecule is c1ccc2c(-c3ccc4c5ccccc5n(-c5ccc(Cc6ccc(-n7c8ccccc8c8ccc(-c9cccc%10ccccc9%10)cc87)cc6)cc5)c4c3)cccc2c1. The summed E-state index contributed by atoms with van der Waals surface area (Å²) < 4.78 is 4.85. The summed E-state index contributed by atoms with van der Waals surface area (Å²) in [6.45, 7) is 0. The van der Waals surface area contributed by atoms with Crippen LogP contribution in [0.5, 0.6) is 0 Å². The van der Waals surface area contributed by atoms with Crippen LogP contribution in [0.25, 0.3) is 98.8 Å². The molecule has 0 radical (unpaired) electrons. The molecular formula is C57H38N2. The normalized spacial score (nSPS) is 11.8. The molecular weight excluding hydrogens is 713 g/mol. The van der Waals surface area contributed by atoms with Crippen LogP contribution in [0.4, 0.5) is 0 Å². The lowest BCUT2D eigenvalue weighted by atomic mass is 9.97. The van der Waals surface area contributed by atoms with Gasteiger partial charge in [-0.15, -0.1) is 0 Å². The largest absolute Gasteiger partial charge is 0.309 e. The van der Waals surface area contributed by atoms with Crippen molar-refractivity contribution in [3.63, 3.8) is 0 Å². The Morgan fingerprint density at radius 3 is 1.10 bits per heavy atom. The van der Waals surface area contributed by atoms with Crippen molar-refractivity contribution in [2.75, 3.05) is 0 Å². The van der Waals surface area contributed by atoms with Gasteiger partial charge in [0.25, 0.3) is 0 Å². The third-order valence-corrected chi connectivity index (χ3v) is 12.3. The van der Waals surface area contributed by atoms with Gasteiger partial charge in [-0.3, -0.25) is 0 Å². The van der Waals surface area contributed by atoms with E-state index < -0.39 is 0 Å². The minimum atomic E-state index is 0.858. The Bertz CT molecular complexity index is 3320. The molecule has 0 spiro atoms. The van der Waals surface area contributed by atoms with Gasteiger partial charge in [-0.25, -0.2) is 0 Å². The average Bonchev–Trinajstić information content (AvgIpc) is 3.81. The molecule has 0 atom stereocenters. The van der Waals surface area contributed by atoms with Gasteiger partial charge < -0.3 is 9.13 Å². The first-order chi connectivity index (χ1) is 29.2. The highest BCUT2D eigenvalue weighted by Gasteiger charge is 2.16. The van der Waals surface area contributed by atoms with Crippen LogP contribution in [-0.4, -0.2) is 9.13 Å². The highest BCUT2D eigenvalue weighted by Crippen LogP contribution is 2.39. The number of aromatic nitrogens is 2. The number of fused-ring (bicyclic) bond motifs is 8. The summed E-state index contributed by atoms with van der Waals surface area (Å²) >= 11 is 0. The quantitative estimate of drug-likeness (QED) is 0.160. The fraction of sp³-hybridized carbons (Fsp3) is 0.0175. The second kappa shape index (κ2) is 13.5. The monoisotopic (exact) mass is 750 g/mol. The number of hydrogen-bond donors (Lipinski definition) is 0. The molecule has 276 valence electrons. The van der Waals surface area contributed by atoms with Gasteiger partial charge in [-0.2, -0.15) is 0 Å². The number of para-hydroxylation sites is 2. The van der Waals surface area contributed by atoms with E-state index in [1.165, 1.54) is 110 Å². The second-order valence-electron chi connectivity index (χ2n) is 15.7. The molecule has 12 aromatic rings. The molecule has 2 heterocycles. The van der Waals surface area contributed by atoms with Crippen molar-refractivity contribution in [2.24, 2.45) is 0 Å². The lowest BCUT2D eigenvalue weighted by molar-refractivity contribution is 1.13. The van der Waals surface area contributed by atoms with Gasteiger partial charge in [-0.1, -0.05) is 170 Å². The first kappa shape index (κ1) is 33.5. The Balaban J connectivity index is 0.885. The number of benzene rings is 10. The van der Waals surface area contributed by atoms with Crippen molar-refractivity contribution in [3.8, 4) is 33.6 Å². The van der Waals surface area contributed by atoms with Crippen molar-refractivity contribution in [1.29, 1.82) is 0 Å². The summed E-state index contributed by atoms with van der Waals surface area (Å²) in [7, 11) is 0. The Morgan fingerprint density at radius 1 is 0.271 bits per heavy atom. The molecule has 2 nitrogen and oxygen atoms in total. The van der Waals surface area contributed by atoms with E-state index in [1.807, 2.05) is 0 Å². The molecule has 0 saturated heterocycles. The maximum absolute atomic E-state index is 2.43. The zero-order chi connectivity index (χ0) is 38.9. The molecule has 0 aliphatic rings. The molecule has 59 heavy (non-hydrogen) atoms. The predicted octanol–water partition coefficient (Wildman–Crippen LogP) is 15.1. The first-order valence-electron chi connectivity index (χ1n) is 20.5. The van der Waals surface area contributed by atoms with Crippen molar-refractivity contribution in [3.05, 3.63) is 230 Å². The van der Waals surface area contributed by atoms with Crippen LogP contribution in [0.2, 0.25) is 0 Å². The molecule has 12 rings (SSSR count). The van der Waals surface area contributed by atoms with E-state index in [-0.39, 0.29) is 0 Å². The molecule has 0 amide bonds. The van der Waals surface area contributed by atoms with Crippen LogP contribution in [0.3, 0.4) is 0 Å². The molecule has 0 fully saturated rings. The fourth-order valence-corrected chi connectivity index (χ4v) is 9.55. The minimum absolute atomic E-state index is 0.858. The fourth-order valence-electron chi connectivity index (χ4n) is 9.55. The van der Waals surface area contributed by atoms with Crippen LogP contribution in [-0.2, 0) is 6.42 Å². The standard InChI is InChI=1S/C57H38N2/c1-3-15-46-40(11-1)13-9-19-48(46)42-27-33-52-50-17-5-7-21-54(50)58(56(52)36-42)44-29-23-38(24-30-44)35-39-25-31-45(32-26-39)59-55-22-8-6-18-51(55)53-34-28-43(37-57(53)59)49-20-10-14-41-12-2-4-16-47(41)49/h1-34,36-37H,35H2. The van der Waals surface area contributed by atoms with E-state index in [0.29, 0.717) is 0 Å². The van der Waals surface area contributed by atoms with Crippen LogP contribution in [0, 0.1) is 0 Å². The molecule has 2 aromatic heterocycles. The number of nitrogens with zero attached hydrogens (tertiary/aromatic N) is 2. The van der Waals surface area contributed by atoms with Gasteiger partial charge in [0.05, 0.1) is 22.1 Å². The van der Waals surface area contributed by atoms with E-state index in [4.69, 9.17) is 0 Å². The minimum Gasteiger partial charge on any atom is -0.309 e. The first-order valence-corrected chi connectivity index (χ1v) is 20.5. The zero-order valence-electron chi connectivity index (χ0n) is 32.4. The summed E-state index contributed by atoms with van der Waals surface area (Å²) in [6.07, 6.45) is 0.858. The smallest absolute Gasteiger partial charge is 0.0547 e. The molecule has 0 unspecified atom stereocenters. The lowest BCUT2D eigenvalue weighted by Gasteiger charge is -2.12. The Hall–Kier alpha value is -7.68. The van der Waals surface area contributed by atoms with E-state index in [1.54, 1.807) is 0 Å². The van der Waals surface area contributed by atoms with Crippen molar-refractivity contribution < 1.29 is 0 Å². The molecule has 0 saturated carbocycles. The predicted molar refractivity (Wildman–Crippen MR) is 250 cm³/mol. The Morgan fingerprint density at radius 2 is 0.644 bits per heavy atom. The summed E-state index contributed by atoms with van der Waals surface area (Å²) in [6, 6.07) is 80.3. The molecule has 0 bridgehead atoms. The molecule has 0 N–H and O–H groups in total. The summed E-state index contributed by atoms with van der Waals surface area (Å²) in [5.41, 5.74) is 14.7. The number of rotatable bonds is 6. The summed E-state index contributed by atoms with van der Waals surface area (Å²) in [4.78, 5) is 0. The van der Waals surface area contributed by atoms with E-state index in [2.05, 4.69) is 228 Å². The third kappa shape index (κ3) is 5.49. The van der Waals surface area contributed by atoms with E-state index in [9.17, 15) is 0 Å². The topological polar surface area (TPSA) is 9.86 Å². The van der Waals surface area contributed by atoms with Crippen LogP contribution < -0.4 is 0 Å². The maximum atomic E-state index is 2.43. The molecule has 10 aromatic carbocycles. The van der Waals surface area contributed by atoms with Crippen molar-refractivity contribution in [1.82, 2.24) is 9.13 Å². The summed E-state index contributed by atoms with van der Waals surface area (Å²) in [5.74, 6) is 0. The third-order valence-electron chi connectivity index (χ3n) is 12.3. The van der Waals surface area contributed by atoms with Crippen LogP contribution in [0.15, 0.2) is 218 Å². The van der Waals surface area contributed by atoms with E-state index in [0.717, 1.165) is 6.42 Å². The van der Waals surface area contributed by atoms with E-state index >= 15 is 0 Å². The molecule has 0 aliphatic carbocycles. The maximum Gasteiger partial charge on any atom is 0.0547 e. The van der Waals surface area contributed by atoms with Gasteiger partial charge in [-0.05, 0) is 110 Å². The Labute approximate surface area is 342 Å².